The number of aliphatic imine (C=N–C) groups is 1. The Hall–Kier alpha value is -0.920. The van der Waals surface area contributed by atoms with Gasteiger partial charge in [0.1, 0.15) is 5.70 Å². The lowest BCUT2D eigenvalue weighted by molar-refractivity contribution is -0.113. The highest BCUT2D eigenvalue weighted by molar-refractivity contribution is 5.97. The van der Waals surface area contributed by atoms with E-state index >= 15 is 0 Å². The van der Waals surface area contributed by atoms with E-state index in [9.17, 15) is 4.79 Å². The molecular weight excluding hydrogens is 150 g/mol. The summed E-state index contributed by atoms with van der Waals surface area (Å²) in [5.41, 5.74) is 1.71. The summed E-state index contributed by atoms with van der Waals surface area (Å²) in [5, 5.41) is 0. The van der Waals surface area contributed by atoms with E-state index in [1.807, 2.05) is 13.8 Å². The van der Waals surface area contributed by atoms with Crippen molar-refractivity contribution in [2.24, 2.45) is 10.9 Å². The Morgan fingerprint density at radius 2 is 2.00 bits per heavy atom. The summed E-state index contributed by atoms with van der Waals surface area (Å²) in [6.45, 7) is 5.41. The van der Waals surface area contributed by atoms with Crippen LogP contribution in [0.2, 0.25) is 0 Å². The van der Waals surface area contributed by atoms with Crippen LogP contribution in [0.15, 0.2) is 16.8 Å². The molecule has 1 fully saturated rings. The first-order chi connectivity index (χ1) is 5.65. The fourth-order valence-electron chi connectivity index (χ4n) is 1.13. The van der Waals surface area contributed by atoms with Crippen molar-refractivity contribution in [3.8, 4) is 0 Å². The first-order valence-corrected chi connectivity index (χ1v) is 4.37. The molecule has 66 valence electrons. The van der Waals surface area contributed by atoms with Crippen molar-refractivity contribution in [1.29, 1.82) is 0 Å². The van der Waals surface area contributed by atoms with Gasteiger partial charge in [0.2, 0.25) is 0 Å². The molecular formula is C10H15NO. The molecule has 2 nitrogen and oxygen atoms in total. The molecule has 0 aliphatic heterocycles. The average Bonchev–Trinajstić information content (AvgIpc) is 2.80. The zero-order valence-electron chi connectivity index (χ0n) is 7.92. The fraction of sp³-hybridized carbons (Fsp3) is 0.600. The Labute approximate surface area is 73.4 Å². The van der Waals surface area contributed by atoms with Crippen LogP contribution in [0.25, 0.3) is 0 Å². The minimum atomic E-state index is 0.0532. The number of allylic oxidation sites excluding steroid dienone is 2. The molecule has 0 aromatic heterocycles. The summed E-state index contributed by atoms with van der Waals surface area (Å²) >= 11 is 0. The van der Waals surface area contributed by atoms with Crippen molar-refractivity contribution < 1.29 is 4.79 Å². The summed E-state index contributed by atoms with van der Waals surface area (Å²) in [6.07, 6.45) is 4.25. The molecule has 1 aliphatic carbocycles. The Kier molecular flexibility index (Phi) is 2.79. The molecule has 2 heteroatoms. The van der Waals surface area contributed by atoms with Gasteiger partial charge in [-0.05, 0) is 32.6 Å². The molecule has 0 N–H and O–H groups in total. The molecule has 0 spiro atoms. The monoisotopic (exact) mass is 165 g/mol. The largest absolute Gasteiger partial charge is 0.293 e. The minimum absolute atomic E-state index is 0.0532. The maximum Gasteiger partial charge on any atom is 0.177 e. The first kappa shape index (κ1) is 9.17. The molecule has 0 saturated heterocycles. The van der Waals surface area contributed by atoms with E-state index in [1.54, 1.807) is 13.0 Å². The number of hydrogen-bond acceptors (Lipinski definition) is 2. The highest BCUT2D eigenvalue weighted by Crippen LogP contribution is 2.30. The Balaban J connectivity index is 2.68. The van der Waals surface area contributed by atoms with Gasteiger partial charge in [0.25, 0.3) is 0 Å². The number of carbonyl (C=O) groups is 1. The van der Waals surface area contributed by atoms with Crippen LogP contribution in [0.5, 0.6) is 0 Å². The molecule has 1 saturated carbocycles. The first-order valence-electron chi connectivity index (χ1n) is 4.37. The van der Waals surface area contributed by atoms with Gasteiger partial charge in [-0.1, -0.05) is 6.08 Å². The van der Waals surface area contributed by atoms with Crippen LogP contribution in [0.4, 0.5) is 0 Å². The third kappa shape index (κ3) is 2.29. The van der Waals surface area contributed by atoms with Crippen LogP contribution in [0.3, 0.4) is 0 Å². The van der Waals surface area contributed by atoms with Crippen molar-refractivity contribution in [3.05, 3.63) is 11.8 Å². The lowest BCUT2D eigenvalue weighted by Gasteiger charge is -1.98. The second-order valence-corrected chi connectivity index (χ2v) is 3.26. The summed E-state index contributed by atoms with van der Waals surface area (Å²) in [7, 11) is 0. The molecule has 0 bridgehead atoms. The van der Waals surface area contributed by atoms with Crippen molar-refractivity contribution in [2.45, 2.75) is 33.6 Å². The van der Waals surface area contributed by atoms with E-state index in [0.29, 0.717) is 11.6 Å². The van der Waals surface area contributed by atoms with Crippen molar-refractivity contribution in [3.63, 3.8) is 0 Å². The number of Topliss-reactive ketones (excluding diaryl/α,β-unsaturated/α-hetero) is 1. The van der Waals surface area contributed by atoms with Crippen LogP contribution >= 0.6 is 0 Å². The van der Waals surface area contributed by atoms with Gasteiger partial charge in [0.15, 0.2) is 5.78 Å². The topological polar surface area (TPSA) is 29.4 Å². The standard InChI is InChI=1S/C10H15NO/c1-4-10(8(3)12)11-7(2)9-5-6-9/h4,9H,5-6H2,1-3H3/b10-4-,11-7?. The maximum absolute atomic E-state index is 11.0. The molecule has 1 rings (SSSR count). The Morgan fingerprint density at radius 3 is 2.33 bits per heavy atom. The molecule has 0 aromatic rings. The summed E-state index contributed by atoms with van der Waals surface area (Å²) in [4.78, 5) is 15.3. The second kappa shape index (κ2) is 3.65. The number of carbonyl (C=O) groups excluding carboxylic acids is 1. The van der Waals surface area contributed by atoms with Gasteiger partial charge in [-0.25, -0.2) is 0 Å². The van der Waals surface area contributed by atoms with Gasteiger partial charge >= 0.3 is 0 Å². The fourth-order valence-corrected chi connectivity index (χ4v) is 1.13. The van der Waals surface area contributed by atoms with Gasteiger partial charge < -0.3 is 0 Å². The SMILES string of the molecule is C/C=C(\N=C(C)C1CC1)C(C)=O. The molecule has 0 atom stereocenters. The van der Waals surface area contributed by atoms with Gasteiger partial charge in [0, 0.05) is 12.6 Å². The smallest absolute Gasteiger partial charge is 0.177 e. The van der Waals surface area contributed by atoms with Crippen LogP contribution in [0, 0.1) is 5.92 Å². The number of nitrogens with zero attached hydrogens (tertiary/aromatic N) is 1. The molecule has 0 radical (unpaired) electrons. The van der Waals surface area contributed by atoms with Crippen molar-refractivity contribution in [1.82, 2.24) is 0 Å². The average molecular weight is 165 g/mol. The van der Waals surface area contributed by atoms with Gasteiger partial charge in [-0.2, -0.15) is 0 Å². The Bertz CT molecular complexity index is 247. The minimum Gasteiger partial charge on any atom is -0.293 e. The Morgan fingerprint density at radius 1 is 1.42 bits per heavy atom. The van der Waals surface area contributed by atoms with E-state index in [-0.39, 0.29) is 5.78 Å². The van der Waals surface area contributed by atoms with Crippen LogP contribution in [-0.4, -0.2) is 11.5 Å². The van der Waals surface area contributed by atoms with E-state index in [0.717, 1.165) is 5.71 Å². The van der Waals surface area contributed by atoms with Crippen LogP contribution < -0.4 is 0 Å². The van der Waals surface area contributed by atoms with Gasteiger partial charge in [-0.15, -0.1) is 0 Å². The summed E-state index contributed by atoms with van der Waals surface area (Å²) < 4.78 is 0. The number of rotatable bonds is 3. The lowest BCUT2D eigenvalue weighted by Crippen LogP contribution is -1.99. The predicted octanol–water partition coefficient (Wildman–Crippen LogP) is 2.35. The molecule has 0 heterocycles. The van der Waals surface area contributed by atoms with Crippen LogP contribution in [-0.2, 0) is 4.79 Å². The lowest BCUT2D eigenvalue weighted by atomic mass is 10.2. The number of ketones is 1. The van der Waals surface area contributed by atoms with E-state index in [1.165, 1.54) is 12.8 Å². The van der Waals surface area contributed by atoms with E-state index in [2.05, 4.69) is 4.99 Å². The van der Waals surface area contributed by atoms with Crippen molar-refractivity contribution in [2.75, 3.05) is 0 Å². The zero-order valence-corrected chi connectivity index (χ0v) is 7.92. The highest BCUT2D eigenvalue weighted by atomic mass is 16.1. The molecule has 0 aromatic carbocycles. The number of hydrogen-bond donors (Lipinski definition) is 0. The molecule has 1 aliphatic rings. The second-order valence-electron chi connectivity index (χ2n) is 3.26. The van der Waals surface area contributed by atoms with Crippen LogP contribution in [0.1, 0.15) is 33.6 Å². The normalized spacial score (nSPS) is 19.6. The van der Waals surface area contributed by atoms with E-state index < -0.39 is 0 Å². The summed E-state index contributed by atoms with van der Waals surface area (Å²) in [5.74, 6) is 0.705. The van der Waals surface area contributed by atoms with Gasteiger partial charge in [0.05, 0.1) is 0 Å². The predicted molar refractivity (Wildman–Crippen MR) is 50.3 cm³/mol. The highest BCUT2D eigenvalue weighted by Gasteiger charge is 2.24. The molecule has 0 amide bonds. The van der Waals surface area contributed by atoms with Gasteiger partial charge in [-0.3, -0.25) is 9.79 Å². The zero-order chi connectivity index (χ0) is 9.14. The third-order valence-corrected chi connectivity index (χ3v) is 2.10. The molecule has 0 unspecified atom stereocenters. The van der Waals surface area contributed by atoms with Crippen molar-refractivity contribution >= 4 is 11.5 Å². The third-order valence-electron chi connectivity index (χ3n) is 2.10. The maximum atomic E-state index is 11.0. The quantitative estimate of drug-likeness (QED) is 0.466. The molecule has 12 heavy (non-hydrogen) atoms. The summed E-state index contributed by atoms with van der Waals surface area (Å²) in [6, 6.07) is 0. The van der Waals surface area contributed by atoms with E-state index in [4.69, 9.17) is 0 Å².